The van der Waals surface area contributed by atoms with Crippen molar-refractivity contribution in [3.05, 3.63) is 108 Å². The minimum absolute atomic E-state index is 0.102. The molecule has 5 aromatic rings. The SMILES string of the molecule is COc1cc(-c2cccc(CN(c3ccc(C(F)(F)F)cc3)C3CCN(Cc4ccnc(-c5cc(OC)c(OC)c(OC)c5)c4)CC3)c2)cc(OC)c1OC. The molecule has 1 saturated heterocycles. The summed E-state index contributed by atoms with van der Waals surface area (Å²) in [7, 11) is 9.47. The van der Waals surface area contributed by atoms with Crippen LogP contribution < -0.4 is 33.3 Å². The van der Waals surface area contributed by atoms with Crippen LogP contribution in [0.3, 0.4) is 0 Å². The number of hydrogen-bond donors (Lipinski definition) is 0. The molecule has 0 unspecified atom stereocenters. The smallest absolute Gasteiger partial charge is 0.416 e. The van der Waals surface area contributed by atoms with Gasteiger partial charge in [-0.05, 0) is 102 Å². The van der Waals surface area contributed by atoms with Crippen molar-refractivity contribution in [3.63, 3.8) is 0 Å². The molecule has 1 aromatic heterocycles. The Bertz CT molecular complexity index is 2020. The predicted molar refractivity (Wildman–Crippen MR) is 207 cm³/mol. The van der Waals surface area contributed by atoms with Crippen molar-refractivity contribution in [2.24, 2.45) is 0 Å². The van der Waals surface area contributed by atoms with Crippen LogP contribution in [0.2, 0.25) is 0 Å². The quantitative estimate of drug-likeness (QED) is 0.110. The lowest BCUT2D eigenvalue weighted by molar-refractivity contribution is -0.137. The highest BCUT2D eigenvalue weighted by Crippen LogP contribution is 2.43. The third kappa shape index (κ3) is 8.86. The van der Waals surface area contributed by atoms with Gasteiger partial charge in [-0.1, -0.05) is 18.2 Å². The second-order valence-corrected chi connectivity index (χ2v) is 13.3. The van der Waals surface area contributed by atoms with Gasteiger partial charge in [0, 0.05) is 49.7 Å². The molecule has 0 amide bonds. The summed E-state index contributed by atoms with van der Waals surface area (Å²) in [4.78, 5) is 9.26. The molecule has 2 heterocycles. The van der Waals surface area contributed by atoms with Crippen molar-refractivity contribution in [1.29, 1.82) is 0 Å². The molecule has 1 aliphatic heterocycles. The molecule has 0 saturated carbocycles. The first-order chi connectivity index (χ1) is 26.6. The number of pyridine rings is 1. The number of nitrogens with zero attached hydrogens (tertiary/aromatic N) is 3. The average Bonchev–Trinajstić information content (AvgIpc) is 3.21. The van der Waals surface area contributed by atoms with E-state index < -0.39 is 11.7 Å². The summed E-state index contributed by atoms with van der Waals surface area (Å²) < 4.78 is 74.0. The van der Waals surface area contributed by atoms with Gasteiger partial charge >= 0.3 is 6.18 Å². The molecule has 4 aromatic carbocycles. The van der Waals surface area contributed by atoms with Crippen LogP contribution in [-0.2, 0) is 19.3 Å². The normalized spacial score (nSPS) is 13.6. The number of piperidine rings is 1. The Morgan fingerprint density at radius 1 is 0.636 bits per heavy atom. The van der Waals surface area contributed by atoms with Crippen molar-refractivity contribution in [2.75, 3.05) is 60.6 Å². The third-order valence-corrected chi connectivity index (χ3v) is 9.99. The summed E-state index contributed by atoms with van der Waals surface area (Å²) >= 11 is 0. The summed E-state index contributed by atoms with van der Waals surface area (Å²) in [6, 6.07) is 25.4. The standard InChI is InChI=1S/C43H46F3N3O6/c1-50-37-22-31(23-38(51-2)41(37)54-5)30-9-7-8-28(20-30)27-49(34-12-10-33(11-13-34)43(44,45)46)35-15-18-48(19-16-35)26-29-14-17-47-36(21-29)32-24-39(52-3)42(55-6)40(25-32)53-4/h7-14,17,20-25,35H,15-16,18-19,26-27H2,1-6H3. The van der Waals surface area contributed by atoms with Gasteiger partial charge in [0.05, 0.1) is 53.9 Å². The fourth-order valence-corrected chi connectivity index (χ4v) is 7.17. The second-order valence-electron chi connectivity index (χ2n) is 13.3. The van der Waals surface area contributed by atoms with Crippen LogP contribution in [0.15, 0.2) is 91.1 Å². The monoisotopic (exact) mass is 757 g/mol. The van der Waals surface area contributed by atoms with Gasteiger partial charge in [-0.25, -0.2) is 0 Å². The maximum atomic E-state index is 13.6. The van der Waals surface area contributed by atoms with E-state index in [1.807, 2.05) is 48.5 Å². The highest BCUT2D eigenvalue weighted by Gasteiger charge is 2.31. The van der Waals surface area contributed by atoms with E-state index in [0.29, 0.717) is 41.0 Å². The van der Waals surface area contributed by atoms with Crippen LogP contribution in [0.4, 0.5) is 18.9 Å². The van der Waals surface area contributed by atoms with Crippen LogP contribution in [0.25, 0.3) is 22.4 Å². The van der Waals surface area contributed by atoms with Gasteiger partial charge in [-0.3, -0.25) is 9.88 Å². The van der Waals surface area contributed by atoms with Crippen LogP contribution in [0.5, 0.6) is 34.5 Å². The molecule has 0 aliphatic carbocycles. The van der Waals surface area contributed by atoms with Crippen LogP contribution >= 0.6 is 0 Å². The summed E-state index contributed by atoms with van der Waals surface area (Å²) in [5, 5.41) is 0. The molecule has 1 aliphatic rings. The van der Waals surface area contributed by atoms with E-state index in [-0.39, 0.29) is 6.04 Å². The van der Waals surface area contributed by atoms with E-state index in [0.717, 1.165) is 71.7 Å². The van der Waals surface area contributed by atoms with E-state index in [1.165, 1.54) is 12.1 Å². The van der Waals surface area contributed by atoms with Crippen molar-refractivity contribution >= 4 is 5.69 Å². The zero-order valence-corrected chi connectivity index (χ0v) is 31.9. The first-order valence-corrected chi connectivity index (χ1v) is 17.9. The number of halogens is 3. The van der Waals surface area contributed by atoms with Gasteiger partial charge in [0.15, 0.2) is 23.0 Å². The number of ether oxygens (including phenoxy) is 6. The summed E-state index contributed by atoms with van der Waals surface area (Å²) in [5.74, 6) is 3.22. The van der Waals surface area contributed by atoms with E-state index >= 15 is 0 Å². The highest BCUT2D eigenvalue weighted by molar-refractivity contribution is 5.72. The third-order valence-electron chi connectivity index (χ3n) is 9.99. The topological polar surface area (TPSA) is 74.8 Å². The number of hydrogen-bond acceptors (Lipinski definition) is 9. The Kier molecular flexibility index (Phi) is 12.2. The number of methoxy groups -OCH3 is 6. The van der Waals surface area contributed by atoms with E-state index in [9.17, 15) is 13.2 Å². The molecule has 0 radical (unpaired) electrons. The molecule has 9 nitrogen and oxygen atoms in total. The van der Waals surface area contributed by atoms with E-state index in [1.54, 1.807) is 61.0 Å². The number of rotatable bonds is 14. The second kappa shape index (κ2) is 17.2. The predicted octanol–water partition coefficient (Wildman–Crippen LogP) is 9.16. The molecular formula is C43H46F3N3O6. The molecule has 1 fully saturated rings. The molecule has 6 rings (SSSR count). The van der Waals surface area contributed by atoms with Gasteiger partial charge in [0.1, 0.15) is 0 Å². The first-order valence-electron chi connectivity index (χ1n) is 17.9. The molecule has 0 bridgehead atoms. The number of likely N-dealkylation sites (tertiary alicyclic amines) is 1. The van der Waals surface area contributed by atoms with Crippen molar-refractivity contribution < 1.29 is 41.6 Å². The number of anilines is 1. The highest BCUT2D eigenvalue weighted by atomic mass is 19.4. The molecule has 290 valence electrons. The van der Waals surface area contributed by atoms with Crippen molar-refractivity contribution in [2.45, 2.75) is 38.1 Å². The lowest BCUT2D eigenvalue weighted by Gasteiger charge is -2.40. The number of aromatic nitrogens is 1. The Balaban J connectivity index is 1.22. The van der Waals surface area contributed by atoms with Gasteiger partial charge < -0.3 is 33.3 Å². The lowest BCUT2D eigenvalue weighted by Crippen LogP contribution is -2.44. The van der Waals surface area contributed by atoms with Gasteiger partial charge in [0.2, 0.25) is 11.5 Å². The molecule has 55 heavy (non-hydrogen) atoms. The number of alkyl halides is 3. The zero-order chi connectivity index (χ0) is 39.1. The summed E-state index contributed by atoms with van der Waals surface area (Å²) in [5.41, 5.74) is 5.67. The number of benzene rings is 4. The largest absolute Gasteiger partial charge is 0.493 e. The Labute approximate surface area is 320 Å². The van der Waals surface area contributed by atoms with Gasteiger partial charge in [-0.2, -0.15) is 13.2 Å². The van der Waals surface area contributed by atoms with E-state index in [4.69, 9.17) is 28.4 Å². The zero-order valence-electron chi connectivity index (χ0n) is 31.9. The lowest BCUT2D eigenvalue weighted by atomic mass is 9.98. The summed E-state index contributed by atoms with van der Waals surface area (Å²) in [6.45, 7) is 2.87. The summed E-state index contributed by atoms with van der Waals surface area (Å²) in [6.07, 6.45) is -0.947. The molecular weight excluding hydrogens is 711 g/mol. The van der Waals surface area contributed by atoms with Gasteiger partial charge in [-0.15, -0.1) is 0 Å². The Morgan fingerprint density at radius 2 is 1.20 bits per heavy atom. The fraction of sp³-hybridized carbons (Fsp3) is 0.326. The average molecular weight is 758 g/mol. The molecule has 0 N–H and O–H groups in total. The molecule has 12 heteroatoms. The molecule has 0 atom stereocenters. The molecule has 0 spiro atoms. The minimum Gasteiger partial charge on any atom is -0.493 e. The van der Waals surface area contributed by atoms with Crippen LogP contribution in [0.1, 0.15) is 29.5 Å². The minimum atomic E-state index is -4.41. The first kappa shape index (κ1) is 39.1. The maximum absolute atomic E-state index is 13.6. The van der Waals surface area contributed by atoms with Crippen molar-refractivity contribution in [1.82, 2.24) is 9.88 Å². The Morgan fingerprint density at radius 3 is 1.73 bits per heavy atom. The van der Waals surface area contributed by atoms with Crippen LogP contribution in [0, 0.1) is 0 Å². The Hall–Kier alpha value is -5.62. The fourth-order valence-electron chi connectivity index (χ4n) is 7.17. The van der Waals surface area contributed by atoms with Crippen LogP contribution in [-0.4, -0.2) is 71.7 Å². The van der Waals surface area contributed by atoms with E-state index in [2.05, 4.69) is 26.9 Å². The maximum Gasteiger partial charge on any atom is 0.416 e. The van der Waals surface area contributed by atoms with Crippen molar-refractivity contribution in [3.8, 4) is 56.9 Å². The van der Waals surface area contributed by atoms with Gasteiger partial charge in [0.25, 0.3) is 0 Å².